The third-order valence-corrected chi connectivity index (χ3v) is 3.48. The van der Waals surface area contributed by atoms with E-state index in [1.807, 2.05) is 18.2 Å². The highest BCUT2D eigenvalue weighted by Gasteiger charge is 2.19. The molecule has 5 nitrogen and oxygen atoms in total. The number of nitrogens with zero attached hydrogens (tertiary/aromatic N) is 1. The van der Waals surface area contributed by atoms with Gasteiger partial charge in [-0.05, 0) is 25.1 Å². The number of amides is 2. The zero-order valence-electron chi connectivity index (χ0n) is 10.7. The van der Waals surface area contributed by atoms with Crippen LogP contribution < -0.4 is 10.1 Å². The molecule has 1 fully saturated rings. The van der Waals surface area contributed by atoms with Crippen LogP contribution in [0.5, 0.6) is 5.75 Å². The second kappa shape index (κ2) is 6.25. The topological polar surface area (TPSA) is 61.8 Å². The first-order valence-corrected chi connectivity index (χ1v) is 7.00. The fraction of sp³-hybridized carbons (Fsp3) is 0.462. The number of carbonyl (C=O) groups is 1. The van der Waals surface area contributed by atoms with Gasteiger partial charge in [0, 0.05) is 23.1 Å². The van der Waals surface area contributed by atoms with Gasteiger partial charge in [0.25, 0.3) is 0 Å². The molecule has 0 saturated carbocycles. The molecule has 0 bridgehead atoms. The number of ether oxygens (including phenoxy) is 1. The van der Waals surface area contributed by atoms with E-state index in [2.05, 4.69) is 21.2 Å². The third-order valence-electron chi connectivity index (χ3n) is 2.99. The highest BCUT2D eigenvalue weighted by molar-refractivity contribution is 9.10. The van der Waals surface area contributed by atoms with Crippen molar-refractivity contribution in [3.63, 3.8) is 0 Å². The van der Waals surface area contributed by atoms with Crippen LogP contribution in [0.3, 0.4) is 0 Å². The number of benzene rings is 1. The van der Waals surface area contributed by atoms with Gasteiger partial charge in [0.1, 0.15) is 12.4 Å². The second-order valence-corrected chi connectivity index (χ2v) is 5.34. The summed E-state index contributed by atoms with van der Waals surface area (Å²) in [6.45, 7) is 4.06. The molecule has 0 aromatic heterocycles. The summed E-state index contributed by atoms with van der Waals surface area (Å²) >= 11 is 3.37. The summed E-state index contributed by atoms with van der Waals surface area (Å²) in [5, 5.41) is 12.4. The van der Waals surface area contributed by atoms with Crippen molar-refractivity contribution in [2.75, 3.05) is 26.2 Å². The lowest BCUT2D eigenvalue weighted by molar-refractivity contribution is 0.184. The van der Waals surface area contributed by atoms with Gasteiger partial charge in [0.05, 0.1) is 12.6 Å². The standard InChI is InChI=1S/C13H17BrN2O3/c1-9(17)11-8-10(14)2-3-12(11)19-7-6-16-5-4-15-13(16)18/h2-3,8-9,17H,4-7H2,1H3,(H,15,18). The SMILES string of the molecule is CC(O)c1cc(Br)ccc1OCCN1CCNC1=O. The molecule has 0 radical (unpaired) electrons. The first-order chi connectivity index (χ1) is 9.08. The average Bonchev–Trinajstić information content (AvgIpc) is 2.77. The lowest BCUT2D eigenvalue weighted by Crippen LogP contribution is -2.31. The molecule has 6 heteroatoms. The number of hydrogen-bond acceptors (Lipinski definition) is 3. The number of aliphatic hydroxyl groups is 1. The summed E-state index contributed by atoms with van der Waals surface area (Å²) in [5.41, 5.74) is 0.736. The van der Waals surface area contributed by atoms with Crippen molar-refractivity contribution in [1.29, 1.82) is 0 Å². The van der Waals surface area contributed by atoms with Crippen LogP contribution in [0.15, 0.2) is 22.7 Å². The van der Waals surface area contributed by atoms with Gasteiger partial charge < -0.3 is 20.1 Å². The maximum Gasteiger partial charge on any atom is 0.317 e. The normalized spacial score (nSPS) is 16.4. The molecule has 1 aliphatic rings. The van der Waals surface area contributed by atoms with Crippen molar-refractivity contribution < 1.29 is 14.6 Å². The highest BCUT2D eigenvalue weighted by atomic mass is 79.9. The average molecular weight is 329 g/mol. The van der Waals surface area contributed by atoms with Crippen molar-refractivity contribution in [3.8, 4) is 5.75 Å². The molecular weight excluding hydrogens is 312 g/mol. The van der Waals surface area contributed by atoms with Gasteiger partial charge in [0.15, 0.2) is 0 Å². The molecule has 2 N–H and O–H groups in total. The molecular formula is C13H17BrN2O3. The van der Waals surface area contributed by atoms with Crippen LogP contribution in [0.25, 0.3) is 0 Å². The summed E-state index contributed by atoms with van der Waals surface area (Å²) in [7, 11) is 0. The molecule has 0 spiro atoms. The van der Waals surface area contributed by atoms with Gasteiger partial charge >= 0.3 is 6.03 Å². The number of hydrogen-bond donors (Lipinski definition) is 2. The molecule has 19 heavy (non-hydrogen) atoms. The third kappa shape index (κ3) is 3.61. The van der Waals surface area contributed by atoms with Gasteiger partial charge in [-0.2, -0.15) is 0 Å². The lowest BCUT2D eigenvalue weighted by Gasteiger charge is -2.17. The maximum atomic E-state index is 11.3. The molecule has 1 aromatic rings. The Morgan fingerprint density at radius 3 is 3.00 bits per heavy atom. The summed E-state index contributed by atoms with van der Waals surface area (Å²) in [6, 6.07) is 5.47. The van der Waals surface area contributed by atoms with E-state index in [1.54, 1.807) is 11.8 Å². The molecule has 104 valence electrons. The van der Waals surface area contributed by atoms with E-state index in [9.17, 15) is 9.90 Å². The maximum absolute atomic E-state index is 11.3. The minimum absolute atomic E-state index is 0.0462. The van der Waals surface area contributed by atoms with Crippen LogP contribution in [-0.4, -0.2) is 42.3 Å². The van der Waals surface area contributed by atoms with E-state index in [0.29, 0.717) is 32.0 Å². The Morgan fingerprint density at radius 2 is 2.37 bits per heavy atom. The monoisotopic (exact) mass is 328 g/mol. The largest absolute Gasteiger partial charge is 0.491 e. The molecule has 0 aliphatic carbocycles. The molecule has 2 rings (SSSR count). The van der Waals surface area contributed by atoms with Gasteiger partial charge in [-0.1, -0.05) is 15.9 Å². The second-order valence-electron chi connectivity index (χ2n) is 4.43. The Bertz CT molecular complexity index is 465. The zero-order chi connectivity index (χ0) is 13.8. The Balaban J connectivity index is 1.93. The number of aliphatic hydroxyl groups excluding tert-OH is 1. The van der Waals surface area contributed by atoms with Gasteiger partial charge in [-0.3, -0.25) is 0 Å². The van der Waals surface area contributed by atoms with E-state index < -0.39 is 6.10 Å². The van der Waals surface area contributed by atoms with E-state index in [1.165, 1.54) is 0 Å². The quantitative estimate of drug-likeness (QED) is 0.867. The van der Waals surface area contributed by atoms with Crippen molar-refractivity contribution in [2.45, 2.75) is 13.0 Å². The Labute approximate surface area is 120 Å². The predicted octanol–water partition coefficient (Wildman–Crippen LogP) is 1.91. The van der Waals surface area contributed by atoms with E-state index in [0.717, 1.165) is 10.0 Å². The first kappa shape index (κ1) is 14.1. The van der Waals surface area contributed by atoms with E-state index in [-0.39, 0.29) is 6.03 Å². The number of rotatable bonds is 5. The molecule has 1 unspecified atom stereocenters. The van der Waals surface area contributed by atoms with Crippen molar-refractivity contribution in [1.82, 2.24) is 10.2 Å². The van der Waals surface area contributed by atoms with Gasteiger partial charge in [-0.15, -0.1) is 0 Å². The van der Waals surface area contributed by atoms with Crippen LogP contribution in [0.2, 0.25) is 0 Å². The summed E-state index contributed by atoms with van der Waals surface area (Å²) in [5.74, 6) is 0.651. The Kier molecular flexibility index (Phi) is 4.66. The Morgan fingerprint density at radius 1 is 1.58 bits per heavy atom. The van der Waals surface area contributed by atoms with Crippen molar-refractivity contribution >= 4 is 22.0 Å². The van der Waals surface area contributed by atoms with Crippen LogP contribution >= 0.6 is 15.9 Å². The van der Waals surface area contributed by atoms with Crippen LogP contribution in [0.1, 0.15) is 18.6 Å². The smallest absolute Gasteiger partial charge is 0.317 e. The fourth-order valence-electron chi connectivity index (χ4n) is 1.97. The lowest BCUT2D eigenvalue weighted by atomic mass is 10.1. The molecule has 1 atom stereocenters. The summed E-state index contributed by atoms with van der Waals surface area (Å²) < 4.78 is 6.56. The predicted molar refractivity (Wildman–Crippen MR) is 75.2 cm³/mol. The van der Waals surface area contributed by atoms with Crippen LogP contribution in [-0.2, 0) is 0 Å². The minimum Gasteiger partial charge on any atom is -0.491 e. The Hall–Kier alpha value is -1.27. The summed E-state index contributed by atoms with van der Waals surface area (Å²) in [4.78, 5) is 13.1. The summed E-state index contributed by atoms with van der Waals surface area (Å²) in [6.07, 6.45) is -0.595. The van der Waals surface area contributed by atoms with E-state index in [4.69, 9.17) is 4.74 Å². The van der Waals surface area contributed by atoms with Gasteiger partial charge in [-0.25, -0.2) is 4.79 Å². The minimum atomic E-state index is -0.595. The fourth-order valence-corrected chi connectivity index (χ4v) is 2.35. The van der Waals surface area contributed by atoms with Crippen LogP contribution in [0.4, 0.5) is 4.79 Å². The molecule has 1 heterocycles. The molecule has 1 aromatic carbocycles. The van der Waals surface area contributed by atoms with Gasteiger partial charge in [0.2, 0.25) is 0 Å². The van der Waals surface area contributed by atoms with Crippen molar-refractivity contribution in [2.24, 2.45) is 0 Å². The molecule has 1 saturated heterocycles. The molecule has 2 amide bonds. The highest BCUT2D eigenvalue weighted by Crippen LogP contribution is 2.28. The number of urea groups is 1. The first-order valence-electron chi connectivity index (χ1n) is 6.21. The number of halogens is 1. The van der Waals surface area contributed by atoms with Crippen LogP contribution in [0, 0.1) is 0 Å². The zero-order valence-corrected chi connectivity index (χ0v) is 12.3. The van der Waals surface area contributed by atoms with Crippen molar-refractivity contribution in [3.05, 3.63) is 28.2 Å². The number of carbonyl (C=O) groups excluding carboxylic acids is 1. The number of nitrogens with one attached hydrogen (secondary N) is 1. The molecule has 1 aliphatic heterocycles. The van der Waals surface area contributed by atoms with E-state index >= 15 is 0 Å².